The van der Waals surface area contributed by atoms with Crippen LogP contribution in [-0.4, -0.2) is 61.6 Å². The number of benzene rings is 2. The summed E-state index contributed by atoms with van der Waals surface area (Å²) in [6.07, 6.45) is 1.98. The lowest BCUT2D eigenvalue weighted by atomic mass is 9.99. The van der Waals surface area contributed by atoms with E-state index in [0.29, 0.717) is 6.42 Å². The minimum atomic E-state index is -1.13. The number of rotatable bonds is 14. The van der Waals surface area contributed by atoms with E-state index in [9.17, 15) is 19.5 Å². The average Bonchev–Trinajstić information content (AvgIpc) is 3.72. The Hall–Kier alpha value is -4.29. The second kappa shape index (κ2) is 15.8. The summed E-state index contributed by atoms with van der Waals surface area (Å²) in [5.74, 6) is -0.609. The van der Waals surface area contributed by atoms with E-state index in [-0.39, 0.29) is 38.1 Å². The molecule has 4 aromatic rings. The number of hydrogen-bond acceptors (Lipinski definition) is 8. The molecule has 10 nitrogen and oxygen atoms in total. The summed E-state index contributed by atoms with van der Waals surface area (Å²) in [6.45, 7) is 3.83. The number of nitrogens with one attached hydrogen (secondary N) is 1. The summed E-state index contributed by atoms with van der Waals surface area (Å²) in [7, 11) is 0. The van der Waals surface area contributed by atoms with Gasteiger partial charge in [0.15, 0.2) is 0 Å². The van der Waals surface area contributed by atoms with Crippen molar-refractivity contribution < 1.29 is 24.2 Å². The highest BCUT2D eigenvalue weighted by Gasteiger charge is 2.36. The van der Waals surface area contributed by atoms with E-state index in [0.717, 1.165) is 20.9 Å². The number of carboxylic acid groups (broad SMARTS) is 1. The summed E-state index contributed by atoms with van der Waals surface area (Å²) >= 11 is 2.81. The summed E-state index contributed by atoms with van der Waals surface area (Å²) < 4.78 is 5.77. The van der Waals surface area contributed by atoms with Gasteiger partial charge in [0, 0.05) is 49.2 Å². The minimum absolute atomic E-state index is 0.0420. The molecule has 0 saturated carbocycles. The van der Waals surface area contributed by atoms with E-state index in [2.05, 4.69) is 15.3 Å². The minimum Gasteiger partial charge on any atom is -0.465 e. The number of aromatic nitrogens is 2. The molecule has 0 aliphatic carbocycles. The first kappa shape index (κ1) is 31.6. The molecule has 2 atom stereocenters. The number of carbonyl (C=O) groups excluding carboxylic acids is 2. The van der Waals surface area contributed by atoms with Crippen LogP contribution in [0.2, 0.25) is 0 Å². The topological polar surface area (TPSA) is 125 Å². The van der Waals surface area contributed by atoms with Crippen LogP contribution in [-0.2, 0) is 35.6 Å². The maximum absolute atomic E-state index is 13.9. The van der Waals surface area contributed by atoms with Gasteiger partial charge >= 0.3 is 12.2 Å². The lowest BCUT2D eigenvalue weighted by Crippen LogP contribution is -2.59. The zero-order valence-electron chi connectivity index (χ0n) is 24.0. The molecule has 3 amide bonds. The van der Waals surface area contributed by atoms with Gasteiger partial charge in [-0.2, -0.15) is 0 Å². The Bertz CT molecular complexity index is 1420. The molecule has 2 heterocycles. The lowest BCUT2D eigenvalue weighted by molar-refractivity contribution is -0.125. The molecule has 0 aliphatic heterocycles. The molecule has 2 unspecified atom stereocenters. The Balaban J connectivity index is 1.73. The first-order valence-corrected chi connectivity index (χ1v) is 15.6. The Labute approximate surface area is 259 Å². The van der Waals surface area contributed by atoms with Crippen molar-refractivity contribution in [3.8, 4) is 0 Å². The van der Waals surface area contributed by atoms with E-state index >= 15 is 0 Å². The summed E-state index contributed by atoms with van der Waals surface area (Å²) in [6, 6.07) is 17.3. The highest BCUT2D eigenvalue weighted by Crippen LogP contribution is 2.22. The molecule has 2 aromatic heterocycles. The molecular weight excluding hydrogens is 587 g/mol. The normalized spacial score (nSPS) is 12.3. The van der Waals surface area contributed by atoms with Crippen molar-refractivity contribution >= 4 is 40.8 Å². The van der Waals surface area contributed by atoms with Crippen LogP contribution in [0, 0.1) is 5.92 Å². The Morgan fingerprint density at radius 3 is 2.00 bits per heavy atom. The largest absolute Gasteiger partial charge is 0.465 e. The third-order valence-corrected chi connectivity index (χ3v) is 8.32. The highest BCUT2D eigenvalue weighted by molar-refractivity contribution is 7.09. The molecule has 4 rings (SSSR count). The molecule has 0 aliphatic rings. The summed E-state index contributed by atoms with van der Waals surface area (Å²) in [5.41, 5.74) is 5.04. The van der Waals surface area contributed by atoms with Gasteiger partial charge in [-0.15, -0.1) is 22.7 Å². The molecule has 12 heteroatoms. The average molecular weight is 622 g/mol. The van der Waals surface area contributed by atoms with Crippen LogP contribution in [0.1, 0.15) is 34.7 Å². The highest BCUT2D eigenvalue weighted by atomic mass is 32.1. The predicted octanol–water partition coefficient (Wildman–Crippen LogP) is 5.67. The fraction of sp³-hybridized carbons (Fsp3) is 0.323. The van der Waals surface area contributed by atoms with Crippen molar-refractivity contribution in [2.45, 2.75) is 52.0 Å². The monoisotopic (exact) mass is 621 g/mol. The van der Waals surface area contributed by atoms with Gasteiger partial charge in [0.1, 0.15) is 6.61 Å². The van der Waals surface area contributed by atoms with E-state index in [4.69, 9.17) is 4.74 Å². The van der Waals surface area contributed by atoms with Crippen LogP contribution in [0.5, 0.6) is 0 Å². The quantitative estimate of drug-likeness (QED) is 0.186. The molecule has 2 N–H and O–H groups in total. The lowest BCUT2D eigenvalue weighted by Gasteiger charge is -2.39. The van der Waals surface area contributed by atoms with Crippen molar-refractivity contribution in [2.24, 2.45) is 5.92 Å². The number of ether oxygens (including phenoxy) is 1. The maximum Gasteiger partial charge on any atom is 0.410 e. The molecule has 43 heavy (non-hydrogen) atoms. The van der Waals surface area contributed by atoms with Crippen LogP contribution in [0.15, 0.2) is 84.1 Å². The third kappa shape index (κ3) is 9.62. The van der Waals surface area contributed by atoms with Gasteiger partial charge in [-0.3, -0.25) is 19.7 Å². The second-order valence-corrected chi connectivity index (χ2v) is 12.2. The number of thiazole rings is 2. The van der Waals surface area contributed by atoms with Gasteiger partial charge in [-0.1, -0.05) is 74.5 Å². The van der Waals surface area contributed by atoms with Gasteiger partial charge < -0.3 is 20.1 Å². The molecule has 0 fully saturated rings. The number of nitrogens with zero attached hydrogens (tertiary/aromatic N) is 4. The number of hydrogen-bond donors (Lipinski definition) is 2. The van der Waals surface area contributed by atoms with Crippen molar-refractivity contribution in [3.05, 3.63) is 105 Å². The molecule has 0 radical (unpaired) electrons. The summed E-state index contributed by atoms with van der Waals surface area (Å²) in [5, 5.41) is 13.3. The standard InChI is InChI=1S/C31H35N5O5S2/c1-22(2)29(37)34-27(18-35(30(38)39)16-23-9-5-3-6-10-23)28(13-25-14-32-20-42-25)36(17-24-11-7-4-8-12-24)31(40)41-19-26-15-33-21-43-26/h3-12,14-15,20-22,27-28H,13,16-19H2,1-2H3,(H,34,37)(H,38,39). The number of amides is 3. The van der Waals surface area contributed by atoms with E-state index in [1.165, 1.54) is 27.6 Å². The first-order valence-electron chi connectivity index (χ1n) is 13.8. The molecule has 226 valence electrons. The smallest absolute Gasteiger partial charge is 0.410 e. The molecule has 0 spiro atoms. The fourth-order valence-electron chi connectivity index (χ4n) is 4.51. The molecule has 2 aromatic carbocycles. The van der Waals surface area contributed by atoms with Crippen LogP contribution in [0.3, 0.4) is 0 Å². The zero-order valence-corrected chi connectivity index (χ0v) is 25.7. The molecule has 0 saturated heterocycles. The Morgan fingerprint density at radius 1 is 0.884 bits per heavy atom. The van der Waals surface area contributed by atoms with E-state index in [1.54, 1.807) is 42.2 Å². The van der Waals surface area contributed by atoms with Crippen LogP contribution < -0.4 is 5.32 Å². The number of carbonyl (C=O) groups is 3. The van der Waals surface area contributed by atoms with Gasteiger partial charge in [-0.05, 0) is 11.1 Å². The second-order valence-electron chi connectivity index (χ2n) is 10.3. The van der Waals surface area contributed by atoms with Crippen molar-refractivity contribution in [2.75, 3.05) is 6.54 Å². The molecular formula is C31H35N5O5S2. The van der Waals surface area contributed by atoms with E-state index < -0.39 is 24.3 Å². The van der Waals surface area contributed by atoms with Crippen LogP contribution in [0.25, 0.3) is 0 Å². The zero-order chi connectivity index (χ0) is 30.6. The SMILES string of the molecule is CC(C)C(=O)NC(CN(Cc1ccccc1)C(=O)O)C(Cc1cncs1)N(Cc1ccccc1)C(=O)OCc1cncs1. The molecule has 0 bridgehead atoms. The van der Waals surface area contributed by atoms with Gasteiger partial charge in [0.05, 0.1) is 28.0 Å². The predicted molar refractivity (Wildman–Crippen MR) is 166 cm³/mol. The third-order valence-electron chi connectivity index (χ3n) is 6.77. The van der Waals surface area contributed by atoms with Crippen molar-refractivity contribution in [1.29, 1.82) is 0 Å². The Morgan fingerprint density at radius 2 is 1.47 bits per heavy atom. The van der Waals surface area contributed by atoms with Gasteiger partial charge in [0.25, 0.3) is 0 Å². The van der Waals surface area contributed by atoms with Gasteiger partial charge in [0.2, 0.25) is 5.91 Å². The maximum atomic E-state index is 13.9. The van der Waals surface area contributed by atoms with Crippen LogP contribution >= 0.6 is 22.7 Å². The summed E-state index contributed by atoms with van der Waals surface area (Å²) in [4.78, 5) is 52.4. The fourth-order valence-corrected chi connectivity index (χ4v) is 5.66. The van der Waals surface area contributed by atoms with Crippen LogP contribution in [0.4, 0.5) is 9.59 Å². The Kier molecular flexibility index (Phi) is 11.6. The van der Waals surface area contributed by atoms with Crippen molar-refractivity contribution in [1.82, 2.24) is 25.1 Å². The first-order chi connectivity index (χ1) is 20.8. The van der Waals surface area contributed by atoms with E-state index in [1.807, 2.05) is 60.7 Å². The van der Waals surface area contributed by atoms with Crippen molar-refractivity contribution in [3.63, 3.8) is 0 Å². The van der Waals surface area contributed by atoms with Gasteiger partial charge in [-0.25, -0.2) is 9.59 Å².